The third-order valence-corrected chi connectivity index (χ3v) is 5.30. The summed E-state index contributed by atoms with van der Waals surface area (Å²) in [5.74, 6) is 0. The van der Waals surface area contributed by atoms with Gasteiger partial charge in [0, 0.05) is 22.9 Å². The van der Waals surface area contributed by atoms with E-state index in [0.29, 0.717) is 11.3 Å². The Morgan fingerprint density at radius 3 is 3.00 bits per heavy atom. The van der Waals surface area contributed by atoms with Crippen molar-refractivity contribution in [1.29, 1.82) is 0 Å². The fourth-order valence-electron chi connectivity index (χ4n) is 2.14. The highest BCUT2D eigenvalue weighted by Gasteiger charge is 2.23. The molecule has 0 spiro atoms. The Labute approximate surface area is 99.9 Å². The second-order valence-electron chi connectivity index (χ2n) is 3.99. The first kappa shape index (κ1) is 11.4. The molecule has 0 saturated heterocycles. The molecule has 2 atom stereocenters. The van der Waals surface area contributed by atoms with Crippen molar-refractivity contribution in [2.24, 2.45) is 0 Å². The zero-order chi connectivity index (χ0) is 10.5. The zero-order valence-corrected chi connectivity index (χ0v) is 10.7. The molecule has 0 radical (unpaired) electrons. The van der Waals surface area contributed by atoms with Crippen molar-refractivity contribution in [3.8, 4) is 0 Å². The number of hydrogen-bond donors (Lipinski definition) is 1. The molecule has 2 nitrogen and oxygen atoms in total. The maximum absolute atomic E-state index is 4.36. The Morgan fingerprint density at radius 1 is 1.40 bits per heavy atom. The molecule has 1 fully saturated rings. The molecule has 1 aliphatic rings. The van der Waals surface area contributed by atoms with Gasteiger partial charge in [-0.25, -0.2) is 4.98 Å². The molecule has 1 heterocycles. The largest absolute Gasteiger partial charge is 0.316 e. The smallest absolute Gasteiger partial charge is 0.150 e. The number of thioether (sulfide) groups is 1. The van der Waals surface area contributed by atoms with Crippen LogP contribution in [0.1, 0.15) is 32.1 Å². The Morgan fingerprint density at radius 2 is 2.27 bits per heavy atom. The summed E-state index contributed by atoms with van der Waals surface area (Å²) >= 11 is 3.72. The van der Waals surface area contributed by atoms with E-state index in [4.69, 9.17) is 0 Å². The molecule has 1 aromatic heterocycles. The second-order valence-corrected chi connectivity index (χ2v) is 6.37. The van der Waals surface area contributed by atoms with Gasteiger partial charge in [0.2, 0.25) is 0 Å². The molecule has 0 aliphatic heterocycles. The molecule has 1 aliphatic carbocycles. The van der Waals surface area contributed by atoms with Crippen molar-refractivity contribution in [1.82, 2.24) is 10.3 Å². The van der Waals surface area contributed by atoms with E-state index in [1.165, 1.54) is 36.4 Å². The van der Waals surface area contributed by atoms with E-state index >= 15 is 0 Å². The molecule has 4 heteroatoms. The first-order valence-electron chi connectivity index (χ1n) is 5.63. The molecule has 2 rings (SSSR count). The van der Waals surface area contributed by atoms with Crippen LogP contribution in [0.5, 0.6) is 0 Å². The SMILES string of the molecule is CNC1CCCCCC1Sc1nccs1. The predicted octanol–water partition coefficient (Wildman–Crippen LogP) is 3.16. The van der Waals surface area contributed by atoms with Crippen LogP contribution in [0.15, 0.2) is 15.9 Å². The van der Waals surface area contributed by atoms with Crippen LogP contribution in [0.25, 0.3) is 0 Å². The number of hydrogen-bond acceptors (Lipinski definition) is 4. The molecule has 1 saturated carbocycles. The highest BCUT2D eigenvalue weighted by atomic mass is 32.2. The zero-order valence-electron chi connectivity index (χ0n) is 9.11. The normalized spacial score (nSPS) is 27.5. The van der Waals surface area contributed by atoms with Gasteiger partial charge in [-0.3, -0.25) is 0 Å². The van der Waals surface area contributed by atoms with Gasteiger partial charge < -0.3 is 5.32 Å². The van der Waals surface area contributed by atoms with Gasteiger partial charge in [-0.1, -0.05) is 31.0 Å². The monoisotopic (exact) mass is 242 g/mol. The summed E-state index contributed by atoms with van der Waals surface area (Å²) in [7, 11) is 2.09. The lowest BCUT2D eigenvalue weighted by Gasteiger charge is -2.22. The maximum Gasteiger partial charge on any atom is 0.150 e. The van der Waals surface area contributed by atoms with Crippen LogP contribution < -0.4 is 5.32 Å². The van der Waals surface area contributed by atoms with Crippen LogP contribution in [0.2, 0.25) is 0 Å². The van der Waals surface area contributed by atoms with Crippen molar-refractivity contribution in [3.05, 3.63) is 11.6 Å². The van der Waals surface area contributed by atoms with E-state index in [-0.39, 0.29) is 0 Å². The van der Waals surface area contributed by atoms with E-state index in [0.717, 1.165) is 0 Å². The van der Waals surface area contributed by atoms with Crippen LogP contribution in [-0.2, 0) is 0 Å². The molecule has 0 aromatic carbocycles. The van der Waals surface area contributed by atoms with Crippen LogP contribution in [0, 0.1) is 0 Å². The standard InChI is InChI=1S/C11H18N2S2/c1-12-9-5-3-2-4-6-10(9)15-11-13-7-8-14-11/h7-10,12H,2-6H2,1H3. The van der Waals surface area contributed by atoms with Gasteiger partial charge in [0.25, 0.3) is 0 Å². The lowest BCUT2D eigenvalue weighted by Crippen LogP contribution is -2.34. The lowest BCUT2D eigenvalue weighted by molar-refractivity contribution is 0.510. The van der Waals surface area contributed by atoms with Crippen molar-refractivity contribution in [2.45, 2.75) is 47.7 Å². The average Bonchev–Trinajstić information content (AvgIpc) is 2.64. The van der Waals surface area contributed by atoms with Gasteiger partial charge in [0.05, 0.1) is 0 Å². The number of nitrogens with one attached hydrogen (secondary N) is 1. The first-order valence-corrected chi connectivity index (χ1v) is 7.39. The van der Waals surface area contributed by atoms with Gasteiger partial charge in [0.1, 0.15) is 4.34 Å². The van der Waals surface area contributed by atoms with E-state index in [1.807, 2.05) is 18.0 Å². The van der Waals surface area contributed by atoms with Gasteiger partial charge in [0.15, 0.2) is 0 Å². The summed E-state index contributed by atoms with van der Waals surface area (Å²) in [6, 6.07) is 0.668. The molecule has 84 valence electrons. The Balaban J connectivity index is 1.97. The summed E-state index contributed by atoms with van der Waals surface area (Å²) in [6.45, 7) is 0. The number of rotatable bonds is 3. The molecule has 0 amide bonds. The minimum Gasteiger partial charge on any atom is -0.316 e. The van der Waals surface area contributed by atoms with Crippen molar-refractivity contribution < 1.29 is 0 Å². The van der Waals surface area contributed by atoms with E-state index in [9.17, 15) is 0 Å². The molecular formula is C11H18N2S2. The lowest BCUT2D eigenvalue weighted by atomic mass is 10.1. The minimum atomic E-state index is 0.668. The topological polar surface area (TPSA) is 24.9 Å². The molecule has 2 unspecified atom stereocenters. The summed E-state index contributed by atoms with van der Waals surface area (Å²) < 4.78 is 1.22. The third kappa shape index (κ3) is 3.20. The van der Waals surface area contributed by atoms with Crippen LogP contribution in [0.4, 0.5) is 0 Å². The third-order valence-electron chi connectivity index (χ3n) is 2.99. The van der Waals surface area contributed by atoms with Crippen molar-refractivity contribution >= 4 is 23.1 Å². The second kappa shape index (κ2) is 5.87. The summed E-state index contributed by atoms with van der Waals surface area (Å²) in [6.07, 6.45) is 8.70. The molecule has 15 heavy (non-hydrogen) atoms. The highest BCUT2D eigenvalue weighted by molar-refractivity contribution is 8.01. The average molecular weight is 242 g/mol. The van der Waals surface area contributed by atoms with Gasteiger partial charge in [-0.05, 0) is 19.9 Å². The van der Waals surface area contributed by atoms with Gasteiger partial charge in [-0.2, -0.15) is 0 Å². The quantitative estimate of drug-likeness (QED) is 0.824. The van der Waals surface area contributed by atoms with Gasteiger partial charge in [-0.15, -0.1) is 11.3 Å². The maximum atomic E-state index is 4.36. The molecule has 1 N–H and O–H groups in total. The van der Waals surface area contributed by atoms with Gasteiger partial charge >= 0.3 is 0 Å². The molecule has 0 bridgehead atoms. The number of aromatic nitrogens is 1. The summed E-state index contributed by atoms with van der Waals surface area (Å²) in [4.78, 5) is 4.36. The Bertz CT molecular complexity index is 274. The van der Waals surface area contributed by atoms with Crippen LogP contribution in [-0.4, -0.2) is 23.3 Å². The van der Waals surface area contributed by atoms with E-state index < -0.39 is 0 Å². The Hall–Kier alpha value is -0.0600. The predicted molar refractivity (Wildman–Crippen MR) is 67.7 cm³/mol. The number of nitrogens with zero attached hydrogens (tertiary/aromatic N) is 1. The minimum absolute atomic E-state index is 0.668. The fraction of sp³-hybridized carbons (Fsp3) is 0.727. The Kier molecular flexibility index (Phi) is 4.47. The highest BCUT2D eigenvalue weighted by Crippen LogP contribution is 2.33. The van der Waals surface area contributed by atoms with E-state index in [1.54, 1.807) is 11.3 Å². The van der Waals surface area contributed by atoms with E-state index in [2.05, 4.69) is 22.7 Å². The number of thiazole rings is 1. The first-order chi connectivity index (χ1) is 7.40. The van der Waals surface area contributed by atoms with Crippen LogP contribution in [0.3, 0.4) is 0 Å². The molecular weight excluding hydrogens is 224 g/mol. The summed E-state index contributed by atoms with van der Waals surface area (Å²) in [5.41, 5.74) is 0. The van der Waals surface area contributed by atoms with Crippen molar-refractivity contribution in [2.75, 3.05) is 7.05 Å². The van der Waals surface area contributed by atoms with Crippen molar-refractivity contribution in [3.63, 3.8) is 0 Å². The van der Waals surface area contributed by atoms with Crippen LogP contribution >= 0.6 is 23.1 Å². The molecule has 1 aromatic rings. The fourth-order valence-corrected chi connectivity index (χ4v) is 4.36. The summed E-state index contributed by atoms with van der Waals surface area (Å²) in [5, 5.41) is 6.24.